The lowest BCUT2D eigenvalue weighted by molar-refractivity contribution is -0.151. The van der Waals surface area contributed by atoms with Gasteiger partial charge in [-0.3, -0.25) is 4.79 Å². The van der Waals surface area contributed by atoms with Crippen LogP contribution in [0.2, 0.25) is 0 Å². The van der Waals surface area contributed by atoms with Gasteiger partial charge in [-0.15, -0.1) is 0 Å². The molecule has 102 valence electrons. The third-order valence-electron chi connectivity index (χ3n) is 2.73. The molecule has 1 rings (SSSR count). The lowest BCUT2D eigenvalue weighted by Crippen LogP contribution is -2.29. The molecule has 0 spiro atoms. The lowest BCUT2D eigenvalue weighted by atomic mass is 9.89. The molecule has 0 saturated carbocycles. The molecule has 0 bridgehead atoms. The van der Waals surface area contributed by atoms with Gasteiger partial charge in [0.05, 0.1) is 20.3 Å². The van der Waals surface area contributed by atoms with Crippen LogP contribution in [-0.4, -0.2) is 31.3 Å². The summed E-state index contributed by atoms with van der Waals surface area (Å²) in [6.45, 7) is 3.51. The third-order valence-corrected chi connectivity index (χ3v) is 2.73. The van der Waals surface area contributed by atoms with Crippen molar-refractivity contribution in [1.29, 1.82) is 0 Å². The van der Waals surface area contributed by atoms with E-state index in [9.17, 15) is 14.7 Å². The second kappa shape index (κ2) is 6.70. The van der Waals surface area contributed by atoms with E-state index in [0.717, 1.165) is 0 Å². The topological polar surface area (TPSA) is 72.8 Å². The predicted octanol–water partition coefficient (Wildman–Crippen LogP) is 1.24. The summed E-state index contributed by atoms with van der Waals surface area (Å²) in [6.07, 6.45) is -1.22. The summed E-state index contributed by atoms with van der Waals surface area (Å²) >= 11 is 0. The van der Waals surface area contributed by atoms with Gasteiger partial charge in [0.15, 0.2) is 0 Å². The van der Waals surface area contributed by atoms with Crippen LogP contribution in [0.25, 0.3) is 0 Å². The normalized spacial score (nSPS) is 13.2. The number of aliphatic hydroxyl groups is 1. The molecule has 2 atom stereocenters. The fraction of sp³-hybridized carbons (Fsp3) is 0.286. The molecule has 5 heteroatoms. The number of rotatable bonds is 5. The second-order valence-electron chi connectivity index (χ2n) is 3.87. The Morgan fingerprint density at radius 1 is 1.16 bits per heavy atom. The van der Waals surface area contributed by atoms with Crippen LogP contribution in [-0.2, 0) is 19.1 Å². The smallest absolute Gasteiger partial charge is 0.334 e. The zero-order valence-electron chi connectivity index (χ0n) is 10.8. The van der Waals surface area contributed by atoms with Crippen molar-refractivity contribution in [3.8, 4) is 0 Å². The van der Waals surface area contributed by atoms with Gasteiger partial charge < -0.3 is 14.6 Å². The molecule has 1 N–H and O–H groups in total. The molecular weight excluding hydrogens is 248 g/mol. The number of hydrogen-bond donors (Lipinski definition) is 1. The van der Waals surface area contributed by atoms with Crippen LogP contribution in [0.1, 0.15) is 11.7 Å². The minimum absolute atomic E-state index is 0.147. The summed E-state index contributed by atoms with van der Waals surface area (Å²) in [5.74, 6) is -2.70. The molecule has 0 amide bonds. The molecule has 0 fully saturated rings. The number of carbonyl (C=O) groups is 2. The number of esters is 2. The first-order valence-electron chi connectivity index (χ1n) is 5.60. The molecule has 0 radical (unpaired) electrons. The first kappa shape index (κ1) is 14.9. The number of carbonyl (C=O) groups excluding carboxylic acids is 2. The van der Waals surface area contributed by atoms with Gasteiger partial charge in [-0.05, 0) is 5.56 Å². The maximum absolute atomic E-state index is 11.7. The van der Waals surface area contributed by atoms with E-state index < -0.39 is 24.0 Å². The van der Waals surface area contributed by atoms with Gasteiger partial charge in [0, 0.05) is 5.57 Å². The fourth-order valence-corrected chi connectivity index (χ4v) is 1.69. The molecule has 0 saturated heterocycles. The monoisotopic (exact) mass is 264 g/mol. The van der Waals surface area contributed by atoms with E-state index in [1.54, 1.807) is 30.3 Å². The molecule has 0 unspecified atom stereocenters. The first-order chi connectivity index (χ1) is 9.02. The standard InChI is InChI=1S/C14H16O5/c1-9(13(16)18-2)11(14(17)19-3)12(15)10-7-5-4-6-8-10/h4-8,11-12,15H,1H2,2-3H3/t11-,12+/m1/s1. The van der Waals surface area contributed by atoms with Crippen molar-refractivity contribution in [1.82, 2.24) is 0 Å². The Kier molecular flexibility index (Phi) is 5.26. The Hall–Kier alpha value is -2.14. The molecule has 0 heterocycles. The molecule has 0 aliphatic heterocycles. The van der Waals surface area contributed by atoms with Crippen molar-refractivity contribution < 1.29 is 24.2 Å². The molecule has 0 aliphatic rings. The SMILES string of the molecule is C=C(C(=O)OC)[C@@H](C(=O)OC)[C@@H](O)c1ccccc1. The van der Waals surface area contributed by atoms with Crippen LogP contribution in [0, 0.1) is 5.92 Å². The minimum atomic E-state index is -1.22. The molecule has 0 aromatic heterocycles. The third kappa shape index (κ3) is 3.42. The van der Waals surface area contributed by atoms with Gasteiger partial charge >= 0.3 is 11.9 Å². The van der Waals surface area contributed by atoms with Gasteiger partial charge in [-0.25, -0.2) is 4.79 Å². The van der Waals surface area contributed by atoms with E-state index in [0.29, 0.717) is 5.56 Å². The summed E-state index contributed by atoms with van der Waals surface area (Å²) in [4.78, 5) is 23.2. The van der Waals surface area contributed by atoms with E-state index in [4.69, 9.17) is 0 Å². The van der Waals surface area contributed by atoms with Crippen molar-refractivity contribution in [2.75, 3.05) is 14.2 Å². The minimum Gasteiger partial charge on any atom is -0.468 e. The van der Waals surface area contributed by atoms with Crippen LogP contribution in [0.15, 0.2) is 42.5 Å². The van der Waals surface area contributed by atoms with Crippen LogP contribution < -0.4 is 0 Å². The van der Waals surface area contributed by atoms with Crippen molar-refractivity contribution >= 4 is 11.9 Å². The Balaban J connectivity index is 3.08. The Morgan fingerprint density at radius 3 is 2.21 bits per heavy atom. The van der Waals surface area contributed by atoms with Gasteiger partial charge in [-0.1, -0.05) is 36.9 Å². The average Bonchev–Trinajstić information content (AvgIpc) is 2.46. The maximum Gasteiger partial charge on any atom is 0.334 e. The van der Waals surface area contributed by atoms with E-state index in [1.807, 2.05) is 0 Å². The molecule has 1 aromatic rings. The Morgan fingerprint density at radius 2 is 1.74 bits per heavy atom. The number of ether oxygens (including phenoxy) is 2. The number of benzene rings is 1. The number of aliphatic hydroxyl groups excluding tert-OH is 1. The van der Waals surface area contributed by atoms with Crippen molar-refractivity contribution in [3.05, 3.63) is 48.0 Å². The van der Waals surface area contributed by atoms with Crippen LogP contribution in [0.3, 0.4) is 0 Å². The van der Waals surface area contributed by atoms with Crippen molar-refractivity contribution in [2.24, 2.45) is 5.92 Å². The van der Waals surface area contributed by atoms with Crippen LogP contribution in [0.4, 0.5) is 0 Å². The van der Waals surface area contributed by atoms with E-state index in [2.05, 4.69) is 16.1 Å². The Labute approximate surface area is 111 Å². The van der Waals surface area contributed by atoms with Crippen LogP contribution >= 0.6 is 0 Å². The molecule has 5 nitrogen and oxygen atoms in total. The van der Waals surface area contributed by atoms with Gasteiger partial charge in [0.2, 0.25) is 0 Å². The van der Waals surface area contributed by atoms with E-state index >= 15 is 0 Å². The quantitative estimate of drug-likeness (QED) is 0.640. The summed E-state index contributed by atoms with van der Waals surface area (Å²) < 4.78 is 9.12. The van der Waals surface area contributed by atoms with Gasteiger partial charge in [-0.2, -0.15) is 0 Å². The summed E-state index contributed by atoms with van der Waals surface area (Å²) in [5, 5.41) is 10.2. The molecule has 1 aromatic carbocycles. The van der Waals surface area contributed by atoms with Gasteiger partial charge in [0.25, 0.3) is 0 Å². The zero-order valence-corrected chi connectivity index (χ0v) is 10.8. The zero-order chi connectivity index (χ0) is 14.4. The summed E-state index contributed by atoms with van der Waals surface area (Å²) in [6, 6.07) is 8.50. The number of hydrogen-bond acceptors (Lipinski definition) is 5. The van der Waals surface area contributed by atoms with Crippen molar-refractivity contribution in [3.63, 3.8) is 0 Å². The Bertz CT molecular complexity index is 466. The van der Waals surface area contributed by atoms with Crippen molar-refractivity contribution in [2.45, 2.75) is 6.10 Å². The second-order valence-corrected chi connectivity index (χ2v) is 3.87. The average molecular weight is 264 g/mol. The molecular formula is C14H16O5. The molecule has 19 heavy (non-hydrogen) atoms. The predicted molar refractivity (Wildman–Crippen MR) is 68.1 cm³/mol. The largest absolute Gasteiger partial charge is 0.468 e. The maximum atomic E-state index is 11.7. The fourth-order valence-electron chi connectivity index (χ4n) is 1.69. The summed E-state index contributed by atoms with van der Waals surface area (Å²) in [7, 11) is 2.36. The molecule has 0 aliphatic carbocycles. The summed E-state index contributed by atoms with van der Waals surface area (Å²) in [5.41, 5.74) is 0.341. The van der Waals surface area contributed by atoms with E-state index in [-0.39, 0.29) is 5.57 Å². The van der Waals surface area contributed by atoms with E-state index in [1.165, 1.54) is 14.2 Å². The highest BCUT2D eigenvalue weighted by atomic mass is 16.5. The highest BCUT2D eigenvalue weighted by Crippen LogP contribution is 2.28. The highest BCUT2D eigenvalue weighted by Gasteiger charge is 2.35. The van der Waals surface area contributed by atoms with Gasteiger partial charge in [0.1, 0.15) is 5.92 Å². The van der Waals surface area contributed by atoms with Crippen LogP contribution in [0.5, 0.6) is 0 Å². The number of methoxy groups -OCH3 is 2. The first-order valence-corrected chi connectivity index (χ1v) is 5.60. The highest BCUT2D eigenvalue weighted by molar-refractivity contribution is 5.95. The lowest BCUT2D eigenvalue weighted by Gasteiger charge is -2.21.